The number of benzene rings is 1. The Morgan fingerprint density at radius 2 is 2.07 bits per heavy atom. The Bertz CT molecular complexity index is 800. The summed E-state index contributed by atoms with van der Waals surface area (Å²) in [7, 11) is 1.64. The van der Waals surface area contributed by atoms with Crippen LogP contribution < -0.4 is 4.74 Å². The van der Waals surface area contributed by atoms with Crippen molar-refractivity contribution in [1.29, 1.82) is 0 Å². The van der Waals surface area contributed by atoms with Gasteiger partial charge in [-0.2, -0.15) is 0 Å². The van der Waals surface area contributed by atoms with Crippen LogP contribution in [0.5, 0.6) is 5.75 Å². The molecule has 0 spiro atoms. The summed E-state index contributed by atoms with van der Waals surface area (Å²) in [6.45, 7) is 1.64. The fraction of sp³-hybridized carbons (Fsp3) is 0.429. The van der Waals surface area contributed by atoms with Crippen LogP contribution in [0.25, 0.3) is 0 Å². The number of hydrogen-bond acceptors (Lipinski definition) is 4. The van der Waals surface area contributed by atoms with Crippen molar-refractivity contribution in [3.05, 3.63) is 54.0 Å². The molecule has 0 saturated carbocycles. The quantitative estimate of drug-likeness (QED) is 0.814. The molecule has 4 rings (SSSR count). The van der Waals surface area contributed by atoms with E-state index in [1.54, 1.807) is 18.3 Å². The van der Waals surface area contributed by atoms with Gasteiger partial charge in [-0.25, -0.2) is 0 Å². The second-order valence-corrected chi connectivity index (χ2v) is 7.22. The molecular weight excluding hydrogens is 344 g/mol. The van der Waals surface area contributed by atoms with Gasteiger partial charge in [-0.3, -0.25) is 9.59 Å². The predicted molar refractivity (Wildman–Crippen MR) is 98.9 cm³/mol. The highest BCUT2D eigenvalue weighted by molar-refractivity contribution is 5.89. The van der Waals surface area contributed by atoms with Crippen molar-refractivity contribution in [3.8, 4) is 5.75 Å². The third-order valence-corrected chi connectivity index (χ3v) is 5.53. The van der Waals surface area contributed by atoms with Gasteiger partial charge in [0.15, 0.2) is 0 Å². The maximum Gasteiger partial charge on any atom is 0.228 e. The first-order chi connectivity index (χ1) is 13.2. The van der Waals surface area contributed by atoms with Gasteiger partial charge >= 0.3 is 0 Å². The van der Waals surface area contributed by atoms with Crippen LogP contribution in [-0.4, -0.2) is 41.8 Å². The van der Waals surface area contributed by atoms with Crippen molar-refractivity contribution in [1.82, 2.24) is 9.80 Å². The van der Waals surface area contributed by atoms with Gasteiger partial charge in [0.2, 0.25) is 11.8 Å². The second-order valence-electron chi connectivity index (χ2n) is 7.22. The Hall–Kier alpha value is -2.76. The van der Waals surface area contributed by atoms with Crippen molar-refractivity contribution in [2.75, 3.05) is 20.2 Å². The molecule has 0 radical (unpaired) electrons. The van der Waals surface area contributed by atoms with Crippen LogP contribution in [0.1, 0.15) is 36.6 Å². The lowest BCUT2D eigenvalue weighted by Crippen LogP contribution is -2.37. The van der Waals surface area contributed by atoms with Crippen molar-refractivity contribution in [2.24, 2.45) is 5.92 Å². The fourth-order valence-electron chi connectivity index (χ4n) is 4.12. The zero-order valence-corrected chi connectivity index (χ0v) is 15.5. The van der Waals surface area contributed by atoms with E-state index in [9.17, 15) is 9.59 Å². The monoisotopic (exact) mass is 368 g/mol. The van der Waals surface area contributed by atoms with Crippen LogP contribution >= 0.6 is 0 Å². The molecule has 2 saturated heterocycles. The van der Waals surface area contributed by atoms with E-state index in [-0.39, 0.29) is 30.2 Å². The van der Waals surface area contributed by atoms with Crippen molar-refractivity contribution in [2.45, 2.75) is 31.8 Å². The molecular formula is C21H24N2O4. The molecule has 0 bridgehead atoms. The summed E-state index contributed by atoms with van der Waals surface area (Å²) in [4.78, 5) is 29.2. The van der Waals surface area contributed by atoms with E-state index in [4.69, 9.17) is 9.15 Å². The number of hydrogen-bond donors (Lipinski definition) is 0. The van der Waals surface area contributed by atoms with Crippen LogP contribution in [0, 0.1) is 5.92 Å². The van der Waals surface area contributed by atoms with Crippen molar-refractivity contribution < 1.29 is 18.7 Å². The molecule has 0 aliphatic carbocycles. The molecule has 142 valence electrons. The summed E-state index contributed by atoms with van der Waals surface area (Å²) in [6, 6.07) is 11.7. The average Bonchev–Trinajstić information content (AvgIpc) is 3.43. The van der Waals surface area contributed by atoms with Gasteiger partial charge in [0, 0.05) is 19.5 Å². The molecule has 1 aromatic heterocycles. The molecule has 3 heterocycles. The fourth-order valence-corrected chi connectivity index (χ4v) is 4.12. The molecule has 2 fully saturated rings. The summed E-state index contributed by atoms with van der Waals surface area (Å²) in [5.74, 6) is 1.39. The highest BCUT2D eigenvalue weighted by Crippen LogP contribution is 2.35. The molecule has 2 aliphatic heterocycles. The molecule has 1 aromatic carbocycles. The van der Waals surface area contributed by atoms with Crippen molar-refractivity contribution in [3.63, 3.8) is 0 Å². The Kier molecular flexibility index (Phi) is 4.88. The molecule has 0 N–H and O–H groups in total. The normalized spacial score (nSPS) is 22.5. The lowest BCUT2D eigenvalue weighted by Gasteiger charge is -2.27. The number of amides is 2. The highest BCUT2D eigenvalue weighted by Gasteiger charge is 2.40. The van der Waals surface area contributed by atoms with Gasteiger partial charge in [0.1, 0.15) is 11.5 Å². The Morgan fingerprint density at radius 3 is 2.78 bits per heavy atom. The number of furan rings is 1. The van der Waals surface area contributed by atoms with E-state index < -0.39 is 0 Å². The topological polar surface area (TPSA) is 63.0 Å². The Balaban J connectivity index is 1.44. The molecule has 2 aliphatic rings. The Labute approximate surface area is 158 Å². The third kappa shape index (κ3) is 3.56. The van der Waals surface area contributed by atoms with E-state index >= 15 is 0 Å². The van der Waals surface area contributed by atoms with E-state index in [1.165, 1.54) is 0 Å². The highest BCUT2D eigenvalue weighted by atomic mass is 16.5. The molecule has 0 unspecified atom stereocenters. The lowest BCUT2D eigenvalue weighted by atomic mass is 10.0. The first kappa shape index (κ1) is 17.6. The smallest absolute Gasteiger partial charge is 0.228 e. The second kappa shape index (κ2) is 7.47. The van der Waals surface area contributed by atoms with Gasteiger partial charge in [0.05, 0.1) is 31.9 Å². The minimum absolute atomic E-state index is 0.0185. The van der Waals surface area contributed by atoms with Gasteiger partial charge in [0.25, 0.3) is 0 Å². The largest absolute Gasteiger partial charge is 0.497 e. The number of carbonyl (C=O) groups is 2. The van der Waals surface area contributed by atoms with E-state index in [0.717, 1.165) is 36.5 Å². The van der Waals surface area contributed by atoms with Gasteiger partial charge < -0.3 is 19.0 Å². The maximum absolute atomic E-state index is 13.1. The molecule has 6 nitrogen and oxygen atoms in total. The van der Waals surface area contributed by atoms with E-state index in [0.29, 0.717) is 13.1 Å². The minimum Gasteiger partial charge on any atom is -0.497 e. The van der Waals surface area contributed by atoms with Gasteiger partial charge in [-0.1, -0.05) is 12.1 Å². The summed E-state index contributed by atoms with van der Waals surface area (Å²) >= 11 is 0. The molecule has 2 amide bonds. The number of methoxy groups -OCH3 is 1. The molecule has 2 aromatic rings. The first-order valence-electron chi connectivity index (χ1n) is 9.40. The summed E-state index contributed by atoms with van der Waals surface area (Å²) in [5, 5.41) is 0. The number of carbonyl (C=O) groups excluding carboxylic acids is 2. The summed E-state index contributed by atoms with van der Waals surface area (Å²) < 4.78 is 10.6. The number of ether oxygens (including phenoxy) is 1. The van der Waals surface area contributed by atoms with Crippen LogP contribution in [0.3, 0.4) is 0 Å². The average molecular weight is 368 g/mol. The minimum atomic E-state index is -0.272. The van der Waals surface area contributed by atoms with Crippen LogP contribution in [0.4, 0.5) is 0 Å². The zero-order chi connectivity index (χ0) is 18.8. The van der Waals surface area contributed by atoms with E-state index in [1.807, 2.05) is 41.3 Å². The van der Waals surface area contributed by atoms with Crippen LogP contribution in [-0.2, 0) is 16.1 Å². The number of nitrogens with zero attached hydrogens (tertiary/aromatic N) is 2. The Morgan fingerprint density at radius 1 is 1.26 bits per heavy atom. The lowest BCUT2D eigenvalue weighted by molar-refractivity contribution is -0.136. The molecule has 2 atom stereocenters. The molecule has 27 heavy (non-hydrogen) atoms. The van der Waals surface area contributed by atoms with Crippen LogP contribution in [0.15, 0.2) is 47.1 Å². The number of likely N-dealkylation sites (tertiary alicyclic amines) is 2. The zero-order valence-electron chi connectivity index (χ0n) is 15.5. The first-order valence-corrected chi connectivity index (χ1v) is 9.40. The maximum atomic E-state index is 13.1. The predicted octanol–water partition coefficient (Wildman–Crippen LogP) is 3.00. The number of rotatable bonds is 5. The van der Waals surface area contributed by atoms with E-state index in [2.05, 4.69) is 0 Å². The van der Waals surface area contributed by atoms with Crippen molar-refractivity contribution >= 4 is 11.8 Å². The van der Waals surface area contributed by atoms with Gasteiger partial charge in [-0.15, -0.1) is 0 Å². The third-order valence-electron chi connectivity index (χ3n) is 5.53. The van der Waals surface area contributed by atoms with Crippen LogP contribution in [0.2, 0.25) is 0 Å². The van der Waals surface area contributed by atoms with Gasteiger partial charge in [-0.05, 0) is 42.7 Å². The standard InChI is InChI=1S/C21H24N2O4/c1-26-17-8-6-15(7-9-17)19-5-2-10-23(19)21(25)16-12-20(24)22(13-16)14-18-4-3-11-27-18/h3-4,6-9,11,16,19H,2,5,10,12-14H2,1H3/t16-,19-/m1/s1. The molecule has 6 heteroatoms. The summed E-state index contributed by atoms with van der Waals surface area (Å²) in [5.41, 5.74) is 1.12. The SMILES string of the molecule is COc1ccc([C@H]2CCCN2C(=O)[C@@H]2CC(=O)N(Cc3ccco3)C2)cc1. The summed E-state index contributed by atoms with van der Waals surface area (Å²) in [6.07, 6.45) is 3.82.